The van der Waals surface area contributed by atoms with Crippen LogP contribution >= 0.6 is 0 Å². The molecular weight excluding hydrogens is 295 g/mol. The summed E-state index contributed by atoms with van der Waals surface area (Å²) in [6.45, 7) is 1.67. The Hall–Kier alpha value is -2.41. The highest BCUT2D eigenvalue weighted by atomic mass is 19.1. The summed E-state index contributed by atoms with van der Waals surface area (Å²) in [5, 5.41) is 3.26. The number of benzene rings is 1. The van der Waals surface area contributed by atoms with Gasteiger partial charge in [0, 0.05) is 31.1 Å². The highest BCUT2D eigenvalue weighted by molar-refractivity contribution is 5.61. The fourth-order valence-electron chi connectivity index (χ4n) is 2.96. The van der Waals surface area contributed by atoms with Crippen molar-refractivity contribution >= 4 is 17.6 Å². The molecule has 6 nitrogen and oxygen atoms in total. The van der Waals surface area contributed by atoms with E-state index in [4.69, 9.17) is 11.5 Å². The van der Waals surface area contributed by atoms with Crippen LogP contribution in [-0.4, -0.2) is 36.1 Å². The average molecular weight is 316 g/mol. The minimum atomic E-state index is -0.260. The molecule has 5 N–H and O–H groups in total. The maximum absolute atomic E-state index is 14.0. The molecular formula is C16H21FN6. The van der Waals surface area contributed by atoms with Gasteiger partial charge in [0.15, 0.2) is 0 Å². The molecule has 1 aliphatic heterocycles. The molecule has 2 aromatic rings. The van der Waals surface area contributed by atoms with Gasteiger partial charge in [0.05, 0.1) is 0 Å². The lowest BCUT2D eigenvalue weighted by Crippen LogP contribution is -2.30. The zero-order chi connectivity index (χ0) is 16.4. The van der Waals surface area contributed by atoms with E-state index in [0.29, 0.717) is 29.7 Å². The first kappa shape index (κ1) is 15.5. The molecule has 2 heterocycles. The Balaban J connectivity index is 1.97. The molecule has 1 saturated heterocycles. The van der Waals surface area contributed by atoms with Crippen molar-refractivity contribution in [2.24, 2.45) is 0 Å². The first-order valence-electron chi connectivity index (χ1n) is 7.66. The van der Waals surface area contributed by atoms with Crippen molar-refractivity contribution < 1.29 is 4.39 Å². The first-order valence-corrected chi connectivity index (χ1v) is 7.66. The van der Waals surface area contributed by atoms with E-state index in [-0.39, 0.29) is 11.8 Å². The molecule has 1 aromatic carbocycles. The molecule has 122 valence electrons. The maximum Gasteiger partial charge on any atom is 0.223 e. The van der Waals surface area contributed by atoms with Gasteiger partial charge in [-0.15, -0.1) is 0 Å². The van der Waals surface area contributed by atoms with Gasteiger partial charge < -0.3 is 21.7 Å². The van der Waals surface area contributed by atoms with Crippen molar-refractivity contribution in [3.63, 3.8) is 0 Å². The number of nitrogen functional groups attached to an aromatic ring is 2. The molecule has 1 aliphatic rings. The molecule has 1 atom stereocenters. The van der Waals surface area contributed by atoms with Gasteiger partial charge in [0.2, 0.25) is 5.95 Å². The molecule has 7 heteroatoms. The molecule has 1 fully saturated rings. The Morgan fingerprint density at radius 1 is 1.30 bits per heavy atom. The number of hydrogen-bond donors (Lipinski definition) is 3. The van der Waals surface area contributed by atoms with Gasteiger partial charge in [0.25, 0.3) is 0 Å². The molecule has 1 aromatic heterocycles. The highest BCUT2D eigenvalue weighted by Crippen LogP contribution is 2.29. The fourth-order valence-corrected chi connectivity index (χ4v) is 2.96. The van der Waals surface area contributed by atoms with Crippen LogP contribution in [0.2, 0.25) is 0 Å². The largest absolute Gasteiger partial charge is 0.383 e. The third-order valence-corrected chi connectivity index (χ3v) is 4.26. The number of hydrogen-bond acceptors (Lipinski definition) is 6. The fraction of sp³-hybridized carbons (Fsp3) is 0.375. The van der Waals surface area contributed by atoms with Crippen LogP contribution in [0.25, 0.3) is 0 Å². The number of nitrogens with one attached hydrogen (secondary N) is 1. The second-order valence-electron chi connectivity index (χ2n) is 5.76. The van der Waals surface area contributed by atoms with Crippen LogP contribution in [0.5, 0.6) is 0 Å². The van der Waals surface area contributed by atoms with Gasteiger partial charge in [-0.05, 0) is 25.1 Å². The van der Waals surface area contributed by atoms with Gasteiger partial charge in [-0.25, -0.2) is 4.39 Å². The summed E-state index contributed by atoms with van der Waals surface area (Å²) in [4.78, 5) is 10.6. The Bertz CT molecular complexity index is 705. The Kier molecular flexibility index (Phi) is 4.29. The normalized spacial score (nSPS) is 17.7. The van der Waals surface area contributed by atoms with E-state index in [1.165, 1.54) is 6.07 Å². The van der Waals surface area contributed by atoms with Gasteiger partial charge >= 0.3 is 0 Å². The SMILES string of the molecule is CN[C@@H]1CCN(c2nc(N)nc(N)c2Cc2ccccc2F)C1. The Labute approximate surface area is 134 Å². The number of nitrogens with zero attached hydrogens (tertiary/aromatic N) is 3. The van der Waals surface area contributed by atoms with Crippen LogP contribution in [0.4, 0.5) is 22.0 Å². The molecule has 0 saturated carbocycles. The lowest BCUT2D eigenvalue weighted by Gasteiger charge is -2.22. The summed E-state index contributed by atoms with van der Waals surface area (Å²) >= 11 is 0. The summed E-state index contributed by atoms with van der Waals surface area (Å²) in [5.41, 5.74) is 13.1. The third-order valence-electron chi connectivity index (χ3n) is 4.26. The van der Waals surface area contributed by atoms with Crippen LogP contribution in [-0.2, 0) is 6.42 Å². The van der Waals surface area contributed by atoms with E-state index in [1.54, 1.807) is 18.2 Å². The lowest BCUT2D eigenvalue weighted by molar-refractivity contribution is 0.613. The van der Waals surface area contributed by atoms with Gasteiger partial charge in [0.1, 0.15) is 17.5 Å². The molecule has 3 rings (SSSR count). The van der Waals surface area contributed by atoms with E-state index in [1.807, 2.05) is 7.05 Å². The summed E-state index contributed by atoms with van der Waals surface area (Å²) in [7, 11) is 1.94. The van der Waals surface area contributed by atoms with Crippen LogP contribution in [0.1, 0.15) is 17.5 Å². The summed E-state index contributed by atoms with van der Waals surface area (Å²) in [5.74, 6) is 0.895. The van der Waals surface area contributed by atoms with E-state index >= 15 is 0 Å². The van der Waals surface area contributed by atoms with Gasteiger partial charge in [-0.3, -0.25) is 0 Å². The standard InChI is InChI=1S/C16H21FN6/c1-20-11-6-7-23(9-11)15-12(14(18)21-16(19)22-15)8-10-4-2-3-5-13(10)17/h2-5,11,20H,6-9H2,1H3,(H4,18,19,21,22)/t11-/m1/s1. The van der Waals surface area contributed by atoms with Crippen molar-refractivity contribution in [2.75, 3.05) is 36.5 Å². The smallest absolute Gasteiger partial charge is 0.223 e. The molecule has 0 amide bonds. The van der Waals surface area contributed by atoms with E-state index < -0.39 is 0 Å². The van der Waals surface area contributed by atoms with Crippen molar-refractivity contribution in [2.45, 2.75) is 18.9 Å². The maximum atomic E-state index is 14.0. The minimum absolute atomic E-state index is 0.141. The minimum Gasteiger partial charge on any atom is -0.383 e. The van der Waals surface area contributed by atoms with Gasteiger partial charge in [-0.1, -0.05) is 18.2 Å². The quantitative estimate of drug-likeness (QED) is 0.784. The molecule has 23 heavy (non-hydrogen) atoms. The monoisotopic (exact) mass is 316 g/mol. The second kappa shape index (κ2) is 6.37. The molecule has 0 spiro atoms. The number of rotatable bonds is 4. The molecule has 0 radical (unpaired) electrons. The molecule has 0 bridgehead atoms. The van der Waals surface area contributed by atoms with E-state index in [9.17, 15) is 4.39 Å². The highest BCUT2D eigenvalue weighted by Gasteiger charge is 2.26. The summed E-state index contributed by atoms with van der Waals surface area (Å²) in [6, 6.07) is 7.06. The van der Waals surface area contributed by atoms with Crippen LogP contribution in [0.3, 0.4) is 0 Å². The molecule has 0 aliphatic carbocycles. The topological polar surface area (TPSA) is 93.1 Å². The second-order valence-corrected chi connectivity index (χ2v) is 5.76. The van der Waals surface area contributed by atoms with E-state index in [2.05, 4.69) is 20.2 Å². The van der Waals surface area contributed by atoms with Crippen LogP contribution in [0, 0.1) is 5.82 Å². The van der Waals surface area contributed by atoms with Crippen molar-refractivity contribution in [1.82, 2.24) is 15.3 Å². The van der Waals surface area contributed by atoms with Crippen LogP contribution in [0.15, 0.2) is 24.3 Å². The molecule has 0 unspecified atom stereocenters. The first-order chi connectivity index (χ1) is 11.1. The Morgan fingerprint density at radius 2 is 2.09 bits per heavy atom. The number of anilines is 3. The number of halogens is 1. The summed E-state index contributed by atoms with van der Waals surface area (Å²) < 4.78 is 14.0. The summed E-state index contributed by atoms with van der Waals surface area (Å²) in [6.07, 6.45) is 1.36. The Morgan fingerprint density at radius 3 is 2.78 bits per heavy atom. The number of aromatic nitrogens is 2. The number of likely N-dealkylation sites (N-methyl/N-ethyl adjacent to an activating group) is 1. The number of nitrogens with two attached hydrogens (primary N) is 2. The average Bonchev–Trinajstić information content (AvgIpc) is 3.00. The van der Waals surface area contributed by atoms with Crippen molar-refractivity contribution in [1.29, 1.82) is 0 Å². The van der Waals surface area contributed by atoms with Crippen molar-refractivity contribution in [3.05, 3.63) is 41.2 Å². The zero-order valence-corrected chi connectivity index (χ0v) is 13.1. The van der Waals surface area contributed by atoms with Gasteiger partial charge in [-0.2, -0.15) is 9.97 Å². The third kappa shape index (κ3) is 3.19. The van der Waals surface area contributed by atoms with E-state index in [0.717, 1.165) is 25.1 Å². The van der Waals surface area contributed by atoms with Crippen LogP contribution < -0.4 is 21.7 Å². The predicted molar refractivity (Wildman–Crippen MR) is 89.7 cm³/mol. The predicted octanol–water partition coefficient (Wildman–Crippen LogP) is 1.17. The zero-order valence-electron chi connectivity index (χ0n) is 13.1. The van der Waals surface area contributed by atoms with Crippen molar-refractivity contribution in [3.8, 4) is 0 Å². The lowest BCUT2D eigenvalue weighted by atomic mass is 10.0.